The number of rotatable bonds is 5. The highest BCUT2D eigenvalue weighted by molar-refractivity contribution is 5.89. The fourth-order valence-corrected chi connectivity index (χ4v) is 2.12. The SMILES string of the molecule is CO[C@H]1C(=O)N(CCO)[C@H]1C=Cc1ccccc1. The van der Waals surface area contributed by atoms with Gasteiger partial charge in [-0.3, -0.25) is 4.79 Å². The number of hydrogen-bond donors (Lipinski definition) is 1. The fraction of sp³-hybridized carbons (Fsp3) is 0.357. The van der Waals surface area contributed by atoms with Crippen LogP contribution in [0.15, 0.2) is 36.4 Å². The van der Waals surface area contributed by atoms with Gasteiger partial charge in [-0.15, -0.1) is 0 Å². The van der Waals surface area contributed by atoms with Gasteiger partial charge in [0.05, 0.1) is 12.6 Å². The molecule has 1 aliphatic heterocycles. The molecule has 0 radical (unpaired) electrons. The molecule has 4 nitrogen and oxygen atoms in total. The number of carbonyl (C=O) groups is 1. The largest absolute Gasteiger partial charge is 0.395 e. The number of ether oxygens (including phenoxy) is 1. The van der Waals surface area contributed by atoms with Gasteiger partial charge in [0, 0.05) is 13.7 Å². The zero-order valence-electron chi connectivity index (χ0n) is 10.3. The summed E-state index contributed by atoms with van der Waals surface area (Å²) >= 11 is 0. The van der Waals surface area contributed by atoms with Crippen LogP contribution in [0.25, 0.3) is 6.08 Å². The second-order valence-electron chi connectivity index (χ2n) is 4.17. The van der Waals surface area contributed by atoms with Crippen LogP contribution in [0.3, 0.4) is 0 Å². The Morgan fingerprint density at radius 3 is 2.72 bits per heavy atom. The van der Waals surface area contributed by atoms with Crippen molar-refractivity contribution in [2.75, 3.05) is 20.3 Å². The Morgan fingerprint density at radius 2 is 2.11 bits per heavy atom. The highest BCUT2D eigenvalue weighted by Crippen LogP contribution is 2.24. The Bertz CT molecular complexity index is 430. The van der Waals surface area contributed by atoms with E-state index in [2.05, 4.69) is 0 Å². The van der Waals surface area contributed by atoms with Crippen molar-refractivity contribution in [1.82, 2.24) is 4.90 Å². The number of methoxy groups -OCH3 is 1. The molecule has 0 saturated carbocycles. The lowest BCUT2D eigenvalue weighted by molar-refractivity contribution is -0.166. The van der Waals surface area contributed by atoms with Gasteiger partial charge in [-0.25, -0.2) is 0 Å². The monoisotopic (exact) mass is 247 g/mol. The van der Waals surface area contributed by atoms with Gasteiger partial charge in [0.25, 0.3) is 5.91 Å². The Kier molecular flexibility index (Phi) is 4.12. The molecule has 0 unspecified atom stereocenters. The Morgan fingerprint density at radius 1 is 1.39 bits per heavy atom. The molecule has 1 saturated heterocycles. The van der Waals surface area contributed by atoms with Gasteiger partial charge in [0.1, 0.15) is 0 Å². The van der Waals surface area contributed by atoms with Crippen LogP contribution in [-0.4, -0.2) is 48.3 Å². The van der Waals surface area contributed by atoms with Gasteiger partial charge >= 0.3 is 0 Å². The van der Waals surface area contributed by atoms with E-state index in [1.54, 1.807) is 4.90 Å². The maximum absolute atomic E-state index is 11.7. The number of likely N-dealkylation sites (tertiary alicyclic amines) is 1. The Labute approximate surface area is 106 Å². The molecular formula is C14H17NO3. The summed E-state index contributed by atoms with van der Waals surface area (Å²) in [5.74, 6) is -0.0609. The van der Waals surface area contributed by atoms with Gasteiger partial charge in [-0.1, -0.05) is 42.5 Å². The van der Waals surface area contributed by atoms with Crippen LogP contribution in [-0.2, 0) is 9.53 Å². The van der Waals surface area contributed by atoms with Gasteiger partial charge in [-0.05, 0) is 5.56 Å². The van der Waals surface area contributed by atoms with E-state index in [0.717, 1.165) is 5.56 Å². The molecule has 4 heteroatoms. The molecule has 1 fully saturated rings. The van der Waals surface area contributed by atoms with E-state index in [0.29, 0.717) is 6.54 Å². The average molecular weight is 247 g/mol. The molecule has 0 aromatic heterocycles. The molecular weight excluding hydrogens is 230 g/mol. The van der Waals surface area contributed by atoms with Gasteiger partial charge in [-0.2, -0.15) is 0 Å². The van der Waals surface area contributed by atoms with Crippen molar-refractivity contribution in [3.05, 3.63) is 42.0 Å². The summed E-state index contributed by atoms with van der Waals surface area (Å²) in [5.41, 5.74) is 1.08. The van der Waals surface area contributed by atoms with Gasteiger partial charge in [0.15, 0.2) is 6.10 Å². The smallest absolute Gasteiger partial charge is 0.254 e. The van der Waals surface area contributed by atoms with E-state index < -0.39 is 6.10 Å². The van der Waals surface area contributed by atoms with Crippen molar-refractivity contribution in [3.63, 3.8) is 0 Å². The number of amides is 1. The molecule has 1 aromatic carbocycles. The summed E-state index contributed by atoms with van der Waals surface area (Å²) in [5, 5.41) is 8.92. The number of hydrogen-bond acceptors (Lipinski definition) is 3. The maximum Gasteiger partial charge on any atom is 0.254 e. The van der Waals surface area contributed by atoms with E-state index in [1.807, 2.05) is 42.5 Å². The molecule has 0 aliphatic carbocycles. The van der Waals surface area contributed by atoms with Crippen molar-refractivity contribution < 1.29 is 14.6 Å². The number of benzene rings is 1. The highest BCUT2D eigenvalue weighted by Gasteiger charge is 2.45. The summed E-state index contributed by atoms with van der Waals surface area (Å²) in [6.07, 6.45) is 3.49. The first-order valence-corrected chi connectivity index (χ1v) is 5.95. The van der Waals surface area contributed by atoms with Crippen LogP contribution < -0.4 is 0 Å². The summed E-state index contributed by atoms with van der Waals surface area (Å²) in [6.45, 7) is 0.320. The standard InChI is InChI=1S/C14H17NO3/c1-18-13-12(15(9-10-16)14(13)17)8-7-11-5-3-2-4-6-11/h2-8,12-13,16H,9-10H2,1H3/t12-,13+/m0/s1. The van der Waals surface area contributed by atoms with Crippen LogP contribution in [0, 0.1) is 0 Å². The Hall–Kier alpha value is -1.65. The van der Waals surface area contributed by atoms with Crippen LogP contribution >= 0.6 is 0 Å². The van der Waals surface area contributed by atoms with Crippen LogP contribution in [0.1, 0.15) is 5.56 Å². The van der Waals surface area contributed by atoms with Crippen molar-refractivity contribution >= 4 is 12.0 Å². The summed E-state index contributed by atoms with van der Waals surface area (Å²) in [4.78, 5) is 13.3. The van der Waals surface area contributed by atoms with Crippen molar-refractivity contribution in [1.29, 1.82) is 0 Å². The minimum Gasteiger partial charge on any atom is -0.395 e. The number of nitrogens with zero attached hydrogens (tertiary/aromatic N) is 1. The molecule has 1 aromatic rings. The molecule has 1 heterocycles. The lowest BCUT2D eigenvalue weighted by Crippen LogP contribution is -2.65. The van der Waals surface area contributed by atoms with Crippen LogP contribution in [0.5, 0.6) is 0 Å². The van der Waals surface area contributed by atoms with Gasteiger partial charge < -0.3 is 14.7 Å². The van der Waals surface area contributed by atoms with E-state index in [-0.39, 0.29) is 18.6 Å². The molecule has 2 atom stereocenters. The lowest BCUT2D eigenvalue weighted by Gasteiger charge is -2.44. The minimum atomic E-state index is -0.420. The van der Waals surface area contributed by atoms with Crippen LogP contribution in [0.2, 0.25) is 0 Å². The van der Waals surface area contributed by atoms with Crippen molar-refractivity contribution in [2.24, 2.45) is 0 Å². The minimum absolute atomic E-state index is 0.0299. The molecule has 1 amide bonds. The first-order chi connectivity index (χ1) is 8.77. The zero-order valence-corrected chi connectivity index (χ0v) is 10.3. The van der Waals surface area contributed by atoms with E-state index in [4.69, 9.17) is 9.84 Å². The molecule has 0 spiro atoms. The zero-order chi connectivity index (χ0) is 13.0. The Balaban J connectivity index is 2.06. The predicted molar refractivity (Wildman–Crippen MR) is 68.9 cm³/mol. The summed E-state index contributed by atoms with van der Waals surface area (Å²) in [7, 11) is 1.53. The van der Waals surface area contributed by atoms with Crippen molar-refractivity contribution in [2.45, 2.75) is 12.1 Å². The second-order valence-corrected chi connectivity index (χ2v) is 4.17. The van der Waals surface area contributed by atoms with E-state index in [1.165, 1.54) is 7.11 Å². The number of aliphatic hydroxyl groups is 1. The molecule has 1 N–H and O–H groups in total. The first-order valence-electron chi connectivity index (χ1n) is 5.95. The lowest BCUT2D eigenvalue weighted by atomic mass is 9.96. The molecule has 0 bridgehead atoms. The average Bonchev–Trinajstić information content (AvgIpc) is 2.41. The normalized spacial score (nSPS) is 23.4. The van der Waals surface area contributed by atoms with Gasteiger partial charge in [0.2, 0.25) is 0 Å². The highest BCUT2D eigenvalue weighted by atomic mass is 16.5. The third kappa shape index (κ3) is 2.44. The summed E-state index contributed by atoms with van der Waals surface area (Å²) in [6, 6.07) is 9.79. The number of aliphatic hydroxyl groups excluding tert-OH is 1. The molecule has 1 aliphatic rings. The third-order valence-corrected chi connectivity index (χ3v) is 3.08. The summed E-state index contributed by atoms with van der Waals surface area (Å²) < 4.78 is 5.15. The number of β-amino-alcohol motifs (C(OH)–C–C–N with tert-alkyl or cyclic N) is 1. The topological polar surface area (TPSA) is 49.8 Å². The van der Waals surface area contributed by atoms with E-state index >= 15 is 0 Å². The van der Waals surface area contributed by atoms with Crippen LogP contribution in [0.4, 0.5) is 0 Å². The molecule has 18 heavy (non-hydrogen) atoms. The number of β-lactam (4-membered cyclic amide) rings is 1. The third-order valence-electron chi connectivity index (χ3n) is 3.08. The first kappa shape index (κ1) is 12.8. The number of carbonyl (C=O) groups excluding carboxylic acids is 1. The predicted octanol–water partition coefficient (Wildman–Crippen LogP) is 0.918. The van der Waals surface area contributed by atoms with E-state index in [9.17, 15) is 4.79 Å². The molecule has 2 rings (SSSR count). The molecule has 96 valence electrons. The maximum atomic E-state index is 11.7. The fourth-order valence-electron chi connectivity index (χ4n) is 2.12. The second kappa shape index (κ2) is 5.80. The van der Waals surface area contributed by atoms with Crippen molar-refractivity contribution in [3.8, 4) is 0 Å². The quantitative estimate of drug-likeness (QED) is 0.787.